The smallest absolute Gasteiger partial charge is 0.291 e. The molecule has 2 rings (SSSR count). The summed E-state index contributed by atoms with van der Waals surface area (Å²) in [5.74, 6) is -1.03. The maximum Gasteiger partial charge on any atom is 0.291 e. The predicted octanol–water partition coefficient (Wildman–Crippen LogP) is 3.29. The van der Waals surface area contributed by atoms with Crippen molar-refractivity contribution in [1.29, 1.82) is 0 Å². The lowest BCUT2D eigenvalue weighted by Gasteiger charge is -2.06. The van der Waals surface area contributed by atoms with E-state index in [0.29, 0.717) is 11.3 Å². The molecule has 112 valence electrons. The first-order valence-corrected chi connectivity index (χ1v) is 6.64. The summed E-state index contributed by atoms with van der Waals surface area (Å²) in [4.78, 5) is 11.5. The van der Waals surface area contributed by atoms with Crippen molar-refractivity contribution in [3.05, 3.63) is 34.0 Å². The number of ether oxygens (including phenoxy) is 1. The Bertz CT molecular complexity index is 653. The Kier molecular flexibility index (Phi) is 4.97. The number of nitrogens with one attached hydrogen (secondary N) is 1. The first-order chi connectivity index (χ1) is 9.95. The Morgan fingerprint density at radius 3 is 2.81 bits per heavy atom. The van der Waals surface area contributed by atoms with Gasteiger partial charge in [-0.05, 0) is 12.1 Å². The van der Waals surface area contributed by atoms with Crippen molar-refractivity contribution >= 4 is 34.0 Å². The SMILES string of the molecule is O=C(COc1ccc(F)c(Cl)c1)Nc1nnc(C(F)F)s1. The summed E-state index contributed by atoms with van der Waals surface area (Å²) in [7, 11) is 0. The van der Waals surface area contributed by atoms with E-state index in [2.05, 4.69) is 15.5 Å². The summed E-state index contributed by atoms with van der Waals surface area (Å²) in [6, 6.07) is 3.60. The molecule has 21 heavy (non-hydrogen) atoms. The lowest BCUT2D eigenvalue weighted by atomic mass is 10.3. The van der Waals surface area contributed by atoms with Crippen LogP contribution in [-0.4, -0.2) is 22.7 Å². The second-order valence-corrected chi connectivity index (χ2v) is 5.08. The molecule has 0 saturated carbocycles. The fraction of sp³-hybridized carbons (Fsp3) is 0.182. The number of carbonyl (C=O) groups excluding carboxylic acids is 1. The molecule has 0 aliphatic rings. The van der Waals surface area contributed by atoms with Gasteiger partial charge in [0.2, 0.25) is 5.13 Å². The largest absolute Gasteiger partial charge is 0.484 e. The van der Waals surface area contributed by atoms with Gasteiger partial charge in [0, 0.05) is 6.07 Å². The lowest BCUT2D eigenvalue weighted by molar-refractivity contribution is -0.118. The highest BCUT2D eigenvalue weighted by Crippen LogP contribution is 2.25. The van der Waals surface area contributed by atoms with Crippen LogP contribution in [0, 0.1) is 5.82 Å². The van der Waals surface area contributed by atoms with Crippen molar-refractivity contribution in [3.8, 4) is 5.75 Å². The van der Waals surface area contributed by atoms with Crippen molar-refractivity contribution in [3.63, 3.8) is 0 Å². The fourth-order valence-corrected chi connectivity index (χ4v) is 2.03. The molecule has 0 unspecified atom stereocenters. The van der Waals surface area contributed by atoms with Crippen LogP contribution in [0.2, 0.25) is 5.02 Å². The molecule has 2 aromatic rings. The van der Waals surface area contributed by atoms with Crippen LogP contribution in [0.1, 0.15) is 11.4 Å². The summed E-state index contributed by atoms with van der Waals surface area (Å²) >= 11 is 6.11. The standard InChI is InChI=1S/C11H7ClF3N3O2S/c12-6-3-5(1-2-7(6)13)20-4-8(19)16-11-18-17-10(21-11)9(14)15/h1-3,9H,4H2,(H,16,18,19). The molecule has 0 bridgehead atoms. The molecular formula is C11H7ClF3N3O2S. The summed E-state index contributed by atoms with van der Waals surface area (Å²) in [5, 5.41) is 8.17. The van der Waals surface area contributed by atoms with Crippen molar-refractivity contribution in [2.45, 2.75) is 6.43 Å². The topological polar surface area (TPSA) is 64.1 Å². The fourth-order valence-electron chi connectivity index (χ4n) is 1.24. The molecule has 0 radical (unpaired) electrons. The second kappa shape index (κ2) is 6.72. The number of amides is 1. The highest BCUT2D eigenvalue weighted by Gasteiger charge is 2.15. The van der Waals surface area contributed by atoms with E-state index >= 15 is 0 Å². The van der Waals surface area contributed by atoms with Crippen LogP contribution in [0.25, 0.3) is 0 Å². The van der Waals surface area contributed by atoms with Crippen LogP contribution >= 0.6 is 22.9 Å². The van der Waals surface area contributed by atoms with E-state index < -0.39 is 29.8 Å². The summed E-state index contributed by atoms with van der Waals surface area (Å²) < 4.78 is 42.6. The molecule has 1 aromatic carbocycles. The third-order valence-corrected chi connectivity index (χ3v) is 3.27. The van der Waals surface area contributed by atoms with Gasteiger partial charge in [0.05, 0.1) is 5.02 Å². The van der Waals surface area contributed by atoms with E-state index in [1.807, 2.05) is 0 Å². The van der Waals surface area contributed by atoms with Crippen molar-refractivity contribution in [2.24, 2.45) is 0 Å². The lowest BCUT2D eigenvalue weighted by Crippen LogP contribution is -2.20. The van der Waals surface area contributed by atoms with E-state index in [1.54, 1.807) is 0 Å². The zero-order valence-electron chi connectivity index (χ0n) is 10.1. The number of nitrogens with zero attached hydrogens (tertiary/aromatic N) is 2. The molecule has 0 aliphatic heterocycles. The van der Waals surface area contributed by atoms with Gasteiger partial charge >= 0.3 is 0 Å². The third-order valence-electron chi connectivity index (χ3n) is 2.13. The molecule has 0 fully saturated rings. The zero-order chi connectivity index (χ0) is 15.4. The van der Waals surface area contributed by atoms with Gasteiger partial charge in [0.15, 0.2) is 11.6 Å². The third kappa shape index (κ3) is 4.30. The van der Waals surface area contributed by atoms with Gasteiger partial charge < -0.3 is 4.74 Å². The molecule has 1 N–H and O–H groups in total. The molecule has 5 nitrogen and oxygen atoms in total. The van der Waals surface area contributed by atoms with Crippen LogP contribution in [0.4, 0.5) is 18.3 Å². The van der Waals surface area contributed by atoms with Crippen molar-refractivity contribution in [1.82, 2.24) is 10.2 Å². The monoisotopic (exact) mass is 337 g/mol. The van der Waals surface area contributed by atoms with E-state index in [4.69, 9.17) is 16.3 Å². The quantitative estimate of drug-likeness (QED) is 0.909. The first kappa shape index (κ1) is 15.5. The number of halogens is 4. The Morgan fingerprint density at radius 2 is 2.19 bits per heavy atom. The highest BCUT2D eigenvalue weighted by atomic mass is 35.5. The van der Waals surface area contributed by atoms with Crippen LogP contribution in [0.5, 0.6) is 5.75 Å². The van der Waals surface area contributed by atoms with Crippen molar-refractivity contribution in [2.75, 3.05) is 11.9 Å². The van der Waals surface area contributed by atoms with E-state index in [1.165, 1.54) is 12.1 Å². The van der Waals surface area contributed by atoms with Crippen LogP contribution in [0.3, 0.4) is 0 Å². The Labute approximate surface area is 125 Å². The van der Waals surface area contributed by atoms with Crippen LogP contribution in [0.15, 0.2) is 18.2 Å². The molecule has 0 aliphatic carbocycles. The number of hydrogen-bond donors (Lipinski definition) is 1. The molecular weight excluding hydrogens is 331 g/mol. The van der Waals surface area contributed by atoms with Gasteiger partial charge in [-0.1, -0.05) is 22.9 Å². The molecule has 0 saturated heterocycles. The number of aromatic nitrogens is 2. The molecule has 1 heterocycles. The molecule has 1 amide bonds. The molecule has 0 spiro atoms. The van der Waals surface area contributed by atoms with E-state index in [0.717, 1.165) is 6.07 Å². The maximum absolute atomic E-state index is 12.9. The molecule has 10 heteroatoms. The number of hydrogen-bond acceptors (Lipinski definition) is 5. The molecule has 0 atom stereocenters. The second-order valence-electron chi connectivity index (χ2n) is 3.66. The number of rotatable bonds is 5. The number of carbonyl (C=O) groups is 1. The van der Waals surface area contributed by atoms with E-state index in [9.17, 15) is 18.0 Å². The minimum Gasteiger partial charge on any atom is -0.484 e. The Hall–Kier alpha value is -1.87. The van der Waals surface area contributed by atoms with Crippen molar-refractivity contribution < 1.29 is 22.7 Å². The van der Waals surface area contributed by atoms with Gasteiger partial charge in [0.25, 0.3) is 12.3 Å². The van der Waals surface area contributed by atoms with Crippen LogP contribution < -0.4 is 10.1 Å². The molecule has 1 aromatic heterocycles. The zero-order valence-corrected chi connectivity index (χ0v) is 11.7. The summed E-state index contributed by atoms with van der Waals surface area (Å²) in [5.41, 5.74) is 0. The predicted molar refractivity (Wildman–Crippen MR) is 70.4 cm³/mol. The van der Waals surface area contributed by atoms with Gasteiger partial charge in [0.1, 0.15) is 11.6 Å². The normalized spacial score (nSPS) is 10.7. The minimum atomic E-state index is -2.74. The average Bonchev–Trinajstić information content (AvgIpc) is 2.89. The Balaban J connectivity index is 1.88. The van der Waals surface area contributed by atoms with Gasteiger partial charge in [-0.25, -0.2) is 13.2 Å². The summed E-state index contributed by atoms with van der Waals surface area (Å²) in [6.45, 7) is -0.411. The minimum absolute atomic E-state index is 0.0592. The Morgan fingerprint density at radius 1 is 1.43 bits per heavy atom. The number of alkyl halides is 2. The van der Waals surface area contributed by atoms with Gasteiger partial charge in [-0.15, -0.1) is 10.2 Å². The highest BCUT2D eigenvalue weighted by molar-refractivity contribution is 7.15. The van der Waals surface area contributed by atoms with Gasteiger partial charge in [-0.2, -0.15) is 0 Å². The number of benzene rings is 1. The van der Waals surface area contributed by atoms with Gasteiger partial charge in [-0.3, -0.25) is 10.1 Å². The summed E-state index contributed by atoms with van der Waals surface area (Å²) in [6.07, 6.45) is -2.74. The number of anilines is 1. The van der Waals surface area contributed by atoms with E-state index in [-0.39, 0.29) is 15.9 Å². The average molecular weight is 338 g/mol. The maximum atomic E-state index is 12.9. The first-order valence-electron chi connectivity index (χ1n) is 5.45. The van der Waals surface area contributed by atoms with Crippen LogP contribution in [-0.2, 0) is 4.79 Å².